The fourth-order valence-electron chi connectivity index (χ4n) is 4.47. The SMILES string of the molecule is CCc1c(CCN2CC(C(=O)OC(=O)C(F)(F)F)C2)cccc1-c1nsc(-c2ccc(OC(C)C)c(C#N)c2)n1. The summed E-state index contributed by atoms with van der Waals surface area (Å²) in [5, 5.41) is 10.2. The number of benzene rings is 2. The highest BCUT2D eigenvalue weighted by molar-refractivity contribution is 7.09. The van der Waals surface area contributed by atoms with Gasteiger partial charge in [0.25, 0.3) is 0 Å². The molecule has 0 atom stereocenters. The van der Waals surface area contributed by atoms with E-state index in [2.05, 4.69) is 15.2 Å². The lowest BCUT2D eigenvalue weighted by molar-refractivity contribution is -0.204. The Morgan fingerprint density at radius 3 is 2.62 bits per heavy atom. The van der Waals surface area contributed by atoms with Crippen LogP contribution in [0.3, 0.4) is 0 Å². The smallest absolute Gasteiger partial charge is 0.490 e. The zero-order valence-corrected chi connectivity index (χ0v) is 22.9. The minimum absolute atomic E-state index is 0.0567. The number of esters is 2. The number of likely N-dealkylation sites (tertiary alicyclic amines) is 1. The summed E-state index contributed by atoms with van der Waals surface area (Å²) in [6.07, 6.45) is -3.87. The normalized spacial score (nSPS) is 14.1. The topological polar surface area (TPSA) is 105 Å². The Hall–Kier alpha value is -3.82. The molecule has 40 heavy (non-hydrogen) atoms. The molecule has 0 amide bonds. The van der Waals surface area contributed by atoms with Gasteiger partial charge in [0, 0.05) is 30.8 Å². The third kappa shape index (κ3) is 6.66. The Bertz CT molecular complexity index is 1440. The molecule has 4 rings (SSSR count). The fraction of sp³-hybridized carbons (Fsp3) is 0.393. The van der Waals surface area contributed by atoms with Crippen LogP contribution in [0, 0.1) is 17.2 Å². The van der Waals surface area contributed by atoms with Crippen molar-refractivity contribution in [1.82, 2.24) is 14.3 Å². The van der Waals surface area contributed by atoms with Gasteiger partial charge < -0.3 is 14.4 Å². The lowest BCUT2D eigenvalue weighted by atomic mass is 9.94. The van der Waals surface area contributed by atoms with E-state index in [0.717, 1.165) is 28.7 Å². The lowest BCUT2D eigenvalue weighted by Crippen LogP contribution is -2.52. The molecule has 3 aromatic rings. The Balaban J connectivity index is 1.42. The number of nitriles is 1. The van der Waals surface area contributed by atoms with Crippen molar-refractivity contribution in [1.29, 1.82) is 5.26 Å². The maximum atomic E-state index is 12.3. The molecule has 2 aromatic carbocycles. The number of hydrogen-bond donors (Lipinski definition) is 0. The molecule has 12 heteroatoms. The van der Waals surface area contributed by atoms with Crippen molar-refractivity contribution in [2.24, 2.45) is 5.92 Å². The average Bonchev–Trinajstić information content (AvgIpc) is 3.37. The summed E-state index contributed by atoms with van der Waals surface area (Å²) in [7, 11) is 0. The summed E-state index contributed by atoms with van der Waals surface area (Å²) in [6.45, 7) is 6.88. The molecule has 1 aliphatic heterocycles. The molecule has 1 saturated heterocycles. The average molecular weight is 573 g/mol. The van der Waals surface area contributed by atoms with E-state index in [9.17, 15) is 28.0 Å². The molecule has 0 saturated carbocycles. The van der Waals surface area contributed by atoms with Gasteiger partial charge in [0.15, 0.2) is 5.82 Å². The summed E-state index contributed by atoms with van der Waals surface area (Å²) in [5.41, 5.74) is 4.26. The standard InChI is InChI=1S/C28H27F3N4O4S/c1-4-21-17(10-11-35-14-20(15-35)26(36)39-27(37)28(29,30)31)6-5-7-22(21)24-33-25(40-34-24)18-8-9-23(38-16(2)3)19(12-18)13-32/h5-9,12,16,20H,4,10-11,14-15H2,1-3H3. The highest BCUT2D eigenvalue weighted by Gasteiger charge is 2.44. The molecule has 0 spiro atoms. The van der Waals surface area contributed by atoms with Crippen molar-refractivity contribution in [2.75, 3.05) is 19.6 Å². The minimum atomic E-state index is -5.19. The first-order valence-corrected chi connectivity index (χ1v) is 13.5. The second kappa shape index (κ2) is 12.1. The minimum Gasteiger partial charge on any atom is -0.490 e. The number of carbonyl (C=O) groups is 2. The van der Waals surface area contributed by atoms with Crippen LogP contribution >= 0.6 is 11.5 Å². The van der Waals surface area contributed by atoms with Gasteiger partial charge in [-0.2, -0.15) is 22.8 Å². The van der Waals surface area contributed by atoms with E-state index >= 15 is 0 Å². The highest BCUT2D eigenvalue weighted by Crippen LogP contribution is 2.32. The summed E-state index contributed by atoms with van der Waals surface area (Å²) >= 11 is 1.24. The number of alkyl halides is 3. The van der Waals surface area contributed by atoms with Crippen molar-refractivity contribution >= 4 is 23.5 Å². The molecule has 0 aliphatic carbocycles. The van der Waals surface area contributed by atoms with E-state index in [1.54, 1.807) is 12.1 Å². The largest absolute Gasteiger partial charge is 0.491 e. The maximum absolute atomic E-state index is 12.3. The van der Waals surface area contributed by atoms with Gasteiger partial charge in [-0.25, -0.2) is 9.78 Å². The quantitative estimate of drug-likeness (QED) is 0.255. The predicted octanol–water partition coefficient (Wildman–Crippen LogP) is 5.20. The van der Waals surface area contributed by atoms with Crippen LogP contribution in [0.4, 0.5) is 13.2 Å². The fourth-order valence-corrected chi connectivity index (χ4v) is 5.14. The summed E-state index contributed by atoms with van der Waals surface area (Å²) in [6, 6.07) is 13.4. The van der Waals surface area contributed by atoms with Crippen molar-refractivity contribution in [3.8, 4) is 33.8 Å². The predicted molar refractivity (Wildman–Crippen MR) is 141 cm³/mol. The van der Waals surface area contributed by atoms with Crippen molar-refractivity contribution in [3.05, 3.63) is 53.1 Å². The van der Waals surface area contributed by atoms with Crippen LogP contribution in [0.5, 0.6) is 5.75 Å². The number of rotatable bonds is 9. The van der Waals surface area contributed by atoms with E-state index in [1.807, 2.05) is 49.9 Å². The molecule has 210 valence electrons. The Morgan fingerprint density at radius 2 is 1.98 bits per heavy atom. The van der Waals surface area contributed by atoms with Gasteiger partial charge in [0.1, 0.15) is 16.8 Å². The molecule has 0 N–H and O–H groups in total. The second-order valence-electron chi connectivity index (χ2n) is 9.62. The number of halogens is 3. The van der Waals surface area contributed by atoms with E-state index in [1.165, 1.54) is 11.5 Å². The summed E-state index contributed by atoms with van der Waals surface area (Å²) in [4.78, 5) is 29.4. The number of ether oxygens (including phenoxy) is 2. The maximum Gasteiger partial charge on any atom is 0.491 e. The number of aromatic nitrogens is 2. The van der Waals surface area contributed by atoms with Crippen LogP contribution < -0.4 is 4.74 Å². The van der Waals surface area contributed by atoms with Gasteiger partial charge in [-0.15, -0.1) is 0 Å². The van der Waals surface area contributed by atoms with E-state index in [0.29, 0.717) is 35.1 Å². The van der Waals surface area contributed by atoms with Crippen LogP contribution in [-0.2, 0) is 27.2 Å². The first kappa shape index (κ1) is 29.2. The molecule has 2 heterocycles. The van der Waals surface area contributed by atoms with E-state index < -0.39 is 24.0 Å². The van der Waals surface area contributed by atoms with Gasteiger partial charge in [-0.1, -0.05) is 25.1 Å². The molecule has 0 bridgehead atoms. The first-order valence-electron chi connectivity index (χ1n) is 12.7. The first-order chi connectivity index (χ1) is 19.0. The molecule has 8 nitrogen and oxygen atoms in total. The highest BCUT2D eigenvalue weighted by atomic mass is 32.1. The summed E-state index contributed by atoms with van der Waals surface area (Å²) < 4.78 is 51.2. The van der Waals surface area contributed by atoms with Crippen molar-refractivity contribution in [3.63, 3.8) is 0 Å². The molecule has 0 radical (unpaired) electrons. The molecule has 1 aliphatic rings. The molecular weight excluding hydrogens is 545 g/mol. The number of hydrogen-bond acceptors (Lipinski definition) is 9. The zero-order valence-electron chi connectivity index (χ0n) is 22.1. The van der Waals surface area contributed by atoms with Crippen LogP contribution in [0.25, 0.3) is 22.0 Å². The molecular formula is C28H27F3N4O4S. The van der Waals surface area contributed by atoms with Gasteiger partial charge in [-0.05, 0) is 67.5 Å². The van der Waals surface area contributed by atoms with Crippen LogP contribution in [-0.4, -0.2) is 58.1 Å². The van der Waals surface area contributed by atoms with Gasteiger partial charge in [0.2, 0.25) is 0 Å². The third-order valence-corrected chi connectivity index (χ3v) is 7.18. The Morgan fingerprint density at radius 1 is 1.23 bits per heavy atom. The second-order valence-corrected chi connectivity index (χ2v) is 10.4. The van der Waals surface area contributed by atoms with Gasteiger partial charge in [-0.3, -0.25) is 4.79 Å². The third-order valence-electron chi connectivity index (χ3n) is 6.42. The Kier molecular flexibility index (Phi) is 8.85. The van der Waals surface area contributed by atoms with Crippen LogP contribution in [0.2, 0.25) is 0 Å². The lowest BCUT2D eigenvalue weighted by Gasteiger charge is -2.37. The molecule has 1 aromatic heterocycles. The van der Waals surface area contributed by atoms with E-state index in [4.69, 9.17) is 9.72 Å². The molecule has 1 fully saturated rings. The Labute approximate surface area is 233 Å². The number of nitrogens with zero attached hydrogens (tertiary/aromatic N) is 4. The monoisotopic (exact) mass is 572 g/mol. The van der Waals surface area contributed by atoms with Gasteiger partial charge in [0.05, 0.1) is 17.6 Å². The van der Waals surface area contributed by atoms with E-state index in [-0.39, 0.29) is 19.2 Å². The van der Waals surface area contributed by atoms with Crippen molar-refractivity contribution < 1.29 is 32.2 Å². The molecule has 0 unspecified atom stereocenters. The van der Waals surface area contributed by atoms with Gasteiger partial charge >= 0.3 is 18.1 Å². The van der Waals surface area contributed by atoms with Crippen LogP contribution in [0.1, 0.15) is 37.5 Å². The number of carbonyl (C=O) groups excluding carboxylic acids is 2. The van der Waals surface area contributed by atoms with Crippen molar-refractivity contribution in [2.45, 2.75) is 45.9 Å². The van der Waals surface area contributed by atoms with Crippen LogP contribution in [0.15, 0.2) is 36.4 Å². The zero-order chi connectivity index (χ0) is 29.0. The summed E-state index contributed by atoms with van der Waals surface area (Å²) in [5.74, 6) is -3.28.